The van der Waals surface area contributed by atoms with E-state index in [0.717, 1.165) is 0 Å². The monoisotopic (exact) mass is 251 g/mol. The Labute approximate surface area is 102 Å². The van der Waals surface area contributed by atoms with Crippen molar-refractivity contribution in [2.75, 3.05) is 13.1 Å². The van der Waals surface area contributed by atoms with Crippen molar-refractivity contribution in [3.05, 3.63) is 36.0 Å². The van der Waals surface area contributed by atoms with E-state index in [4.69, 9.17) is 4.52 Å². The summed E-state index contributed by atoms with van der Waals surface area (Å²) < 4.78 is 17.6. The summed E-state index contributed by atoms with van der Waals surface area (Å²) in [6.07, 6.45) is 0. The molecule has 2 aromatic rings. The van der Waals surface area contributed by atoms with E-state index in [1.54, 1.807) is 0 Å². The highest BCUT2D eigenvalue weighted by Gasteiger charge is 2.15. The van der Waals surface area contributed by atoms with Crippen LogP contribution >= 0.6 is 0 Å². The van der Waals surface area contributed by atoms with E-state index in [1.807, 2.05) is 0 Å². The molecule has 0 radical (unpaired) electrons. The molecule has 1 heterocycles. The van der Waals surface area contributed by atoms with E-state index in [1.165, 1.54) is 24.3 Å². The highest BCUT2D eigenvalue weighted by molar-refractivity contribution is 5.89. The van der Waals surface area contributed by atoms with Gasteiger partial charge in [0.25, 0.3) is 0 Å². The Bertz CT molecular complexity index is 538. The Morgan fingerprint density at radius 2 is 2.11 bits per heavy atom. The summed E-state index contributed by atoms with van der Waals surface area (Å²) in [6.45, 7) is 1.01. The molecule has 0 saturated carbocycles. The summed E-state index contributed by atoms with van der Waals surface area (Å²) >= 11 is 0. The zero-order valence-electron chi connectivity index (χ0n) is 9.52. The molecule has 0 fully saturated rings. The molecule has 1 aromatic carbocycles. The molecule has 0 aliphatic heterocycles. The van der Waals surface area contributed by atoms with Crippen LogP contribution < -0.4 is 11.1 Å². The van der Waals surface area contributed by atoms with Gasteiger partial charge in [-0.05, 0) is 24.3 Å². The predicted octanol–water partition coefficient (Wildman–Crippen LogP) is -0.153. The van der Waals surface area contributed by atoms with Crippen LogP contribution in [0.2, 0.25) is 0 Å². The fraction of sp³-hybridized carbons (Fsp3) is 0.182. The SMILES string of the molecule is [NH3+]CCNC(=O)c1nc(-c2ccc(F)cc2)no1. The van der Waals surface area contributed by atoms with E-state index in [9.17, 15) is 9.18 Å². The standard InChI is InChI=1S/C11H11FN4O2/c12-8-3-1-7(2-4-8)9-15-11(18-16-9)10(17)14-6-5-13/h1-4H,5-6,13H2,(H,14,17)/p+1. The number of amides is 1. The van der Waals surface area contributed by atoms with Crippen LogP contribution in [0.1, 0.15) is 10.7 Å². The maximum Gasteiger partial charge on any atom is 0.316 e. The van der Waals surface area contributed by atoms with Crippen molar-refractivity contribution in [2.24, 2.45) is 0 Å². The lowest BCUT2D eigenvalue weighted by Gasteiger charge is -1.95. The zero-order chi connectivity index (χ0) is 13.0. The molecule has 0 unspecified atom stereocenters. The molecule has 0 aliphatic rings. The number of halogens is 1. The number of quaternary nitrogens is 1. The van der Waals surface area contributed by atoms with Crippen LogP contribution in [-0.2, 0) is 0 Å². The fourth-order valence-electron chi connectivity index (χ4n) is 1.31. The third-order valence-electron chi connectivity index (χ3n) is 2.19. The van der Waals surface area contributed by atoms with Crippen molar-refractivity contribution in [3.63, 3.8) is 0 Å². The topological polar surface area (TPSA) is 95.7 Å². The van der Waals surface area contributed by atoms with Crippen LogP contribution in [0.3, 0.4) is 0 Å². The lowest BCUT2D eigenvalue weighted by Crippen LogP contribution is -2.54. The van der Waals surface area contributed by atoms with Crippen LogP contribution in [-0.4, -0.2) is 29.1 Å². The minimum atomic E-state index is -0.445. The van der Waals surface area contributed by atoms with Crippen LogP contribution in [0.15, 0.2) is 28.8 Å². The van der Waals surface area contributed by atoms with Crippen LogP contribution in [0.25, 0.3) is 11.4 Å². The van der Waals surface area contributed by atoms with Gasteiger partial charge < -0.3 is 15.6 Å². The molecule has 18 heavy (non-hydrogen) atoms. The lowest BCUT2D eigenvalue weighted by molar-refractivity contribution is -0.364. The van der Waals surface area contributed by atoms with E-state index in [0.29, 0.717) is 18.7 Å². The number of carbonyl (C=O) groups is 1. The molecule has 0 bridgehead atoms. The van der Waals surface area contributed by atoms with Gasteiger partial charge in [0.1, 0.15) is 5.82 Å². The summed E-state index contributed by atoms with van der Waals surface area (Å²) in [6, 6.07) is 5.60. The minimum absolute atomic E-state index is 0.122. The number of aromatic nitrogens is 2. The number of hydrogen-bond donors (Lipinski definition) is 2. The molecule has 0 atom stereocenters. The summed E-state index contributed by atoms with van der Waals surface area (Å²) in [7, 11) is 0. The number of benzene rings is 1. The normalized spacial score (nSPS) is 10.3. The maximum atomic E-state index is 12.7. The van der Waals surface area contributed by atoms with Gasteiger partial charge >= 0.3 is 11.8 Å². The summed E-state index contributed by atoms with van der Waals surface area (Å²) in [4.78, 5) is 15.4. The van der Waals surface area contributed by atoms with Gasteiger partial charge in [-0.3, -0.25) is 4.79 Å². The van der Waals surface area contributed by atoms with Gasteiger partial charge in [0.2, 0.25) is 5.82 Å². The largest absolute Gasteiger partial charge is 0.356 e. The summed E-state index contributed by atoms with van der Waals surface area (Å²) in [5, 5.41) is 6.23. The molecule has 4 N–H and O–H groups in total. The van der Waals surface area contributed by atoms with Crippen LogP contribution in [0.4, 0.5) is 4.39 Å². The molecule has 2 rings (SSSR count). The first-order chi connectivity index (χ1) is 8.70. The Hall–Kier alpha value is -2.28. The van der Waals surface area contributed by atoms with Crippen LogP contribution in [0.5, 0.6) is 0 Å². The Morgan fingerprint density at radius 3 is 2.78 bits per heavy atom. The lowest BCUT2D eigenvalue weighted by atomic mass is 10.2. The van der Waals surface area contributed by atoms with E-state index < -0.39 is 5.91 Å². The molecule has 0 saturated heterocycles. The van der Waals surface area contributed by atoms with Crippen molar-refractivity contribution < 1.29 is 19.4 Å². The molecule has 1 aromatic heterocycles. The van der Waals surface area contributed by atoms with Gasteiger partial charge in [-0.25, -0.2) is 4.39 Å². The highest BCUT2D eigenvalue weighted by atomic mass is 19.1. The molecule has 0 aliphatic carbocycles. The Kier molecular flexibility index (Phi) is 3.63. The zero-order valence-corrected chi connectivity index (χ0v) is 9.52. The van der Waals surface area contributed by atoms with Crippen molar-refractivity contribution in [2.45, 2.75) is 0 Å². The quantitative estimate of drug-likeness (QED) is 0.789. The second-order valence-corrected chi connectivity index (χ2v) is 3.54. The first-order valence-electron chi connectivity index (χ1n) is 5.38. The van der Waals surface area contributed by atoms with Crippen molar-refractivity contribution >= 4 is 5.91 Å². The highest BCUT2D eigenvalue weighted by Crippen LogP contribution is 2.15. The van der Waals surface area contributed by atoms with Crippen molar-refractivity contribution in [1.29, 1.82) is 0 Å². The van der Waals surface area contributed by atoms with E-state index >= 15 is 0 Å². The second-order valence-electron chi connectivity index (χ2n) is 3.54. The van der Waals surface area contributed by atoms with Gasteiger partial charge in [-0.1, -0.05) is 5.16 Å². The molecule has 0 spiro atoms. The second kappa shape index (κ2) is 5.37. The summed E-state index contributed by atoms with van der Waals surface area (Å²) in [5.74, 6) is -0.673. The molecule has 94 valence electrons. The van der Waals surface area contributed by atoms with Gasteiger partial charge in [0.05, 0.1) is 13.1 Å². The fourth-order valence-corrected chi connectivity index (χ4v) is 1.31. The van der Waals surface area contributed by atoms with Gasteiger partial charge in [-0.2, -0.15) is 4.98 Å². The van der Waals surface area contributed by atoms with Gasteiger partial charge in [0.15, 0.2) is 0 Å². The number of nitrogens with one attached hydrogen (secondary N) is 1. The van der Waals surface area contributed by atoms with Gasteiger partial charge in [-0.15, -0.1) is 0 Å². The van der Waals surface area contributed by atoms with Crippen molar-refractivity contribution in [3.8, 4) is 11.4 Å². The first-order valence-corrected chi connectivity index (χ1v) is 5.38. The van der Waals surface area contributed by atoms with E-state index in [-0.39, 0.29) is 17.5 Å². The van der Waals surface area contributed by atoms with Crippen LogP contribution in [0, 0.1) is 5.82 Å². The first kappa shape index (κ1) is 12.2. The van der Waals surface area contributed by atoms with Gasteiger partial charge in [0, 0.05) is 5.56 Å². The molecule has 7 heteroatoms. The Morgan fingerprint density at radius 1 is 1.39 bits per heavy atom. The average molecular weight is 251 g/mol. The minimum Gasteiger partial charge on any atom is -0.356 e. The Balaban J connectivity index is 2.15. The number of carbonyl (C=O) groups excluding carboxylic acids is 1. The molecule has 1 amide bonds. The predicted molar refractivity (Wildman–Crippen MR) is 59.8 cm³/mol. The van der Waals surface area contributed by atoms with E-state index in [2.05, 4.69) is 21.2 Å². The molecule has 6 nitrogen and oxygen atoms in total. The van der Waals surface area contributed by atoms with Crippen molar-refractivity contribution in [1.82, 2.24) is 15.5 Å². The number of rotatable bonds is 4. The number of hydrogen-bond acceptors (Lipinski definition) is 4. The molecular formula is C11H12FN4O2+. The summed E-state index contributed by atoms with van der Waals surface area (Å²) in [5.41, 5.74) is 4.18. The number of nitrogens with zero attached hydrogens (tertiary/aromatic N) is 2. The smallest absolute Gasteiger partial charge is 0.316 e. The molecular weight excluding hydrogens is 239 g/mol. The third-order valence-corrected chi connectivity index (χ3v) is 2.19. The average Bonchev–Trinajstić information content (AvgIpc) is 2.86. The maximum absolute atomic E-state index is 12.7. The third kappa shape index (κ3) is 2.69.